The highest BCUT2D eigenvalue weighted by atomic mass is 79.9. The van der Waals surface area contributed by atoms with Crippen LogP contribution in [0.1, 0.15) is 23.5 Å². The number of ether oxygens (including phenoxy) is 1. The highest BCUT2D eigenvalue weighted by molar-refractivity contribution is 9.11. The van der Waals surface area contributed by atoms with Crippen LogP contribution in [0.25, 0.3) is 0 Å². The summed E-state index contributed by atoms with van der Waals surface area (Å²) in [5.74, 6) is -1.15. The van der Waals surface area contributed by atoms with E-state index in [9.17, 15) is 14.4 Å². The third-order valence-corrected chi connectivity index (χ3v) is 3.99. The number of primary amides is 1. The maximum atomic E-state index is 12.1. The van der Waals surface area contributed by atoms with Crippen LogP contribution in [0, 0.1) is 0 Å². The summed E-state index contributed by atoms with van der Waals surface area (Å²) in [7, 11) is 1.20. The van der Waals surface area contributed by atoms with E-state index in [0.29, 0.717) is 9.47 Å². The molecule has 1 aromatic heterocycles. The number of halogens is 1. The predicted octanol–water partition coefficient (Wildman–Crippen LogP) is 1.68. The Morgan fingerprint density at radius 3 is 2.50 bits per heavy atom. The Hall–Kier alpha value is -1.61. The van der Waals surface area contributed by atoms with Gasteiger partial charge in [0.25, 0.3) is 5.91 Å². The van der Waals surface area contributed by atoms with Gasteiger partial charge in [0.15, 0.2) is 0 Å². The summed E-state index contributed by atoms with van der Waals surface area (Å²) in [6.07, 6.45) is -0.730. The summed E-state index contributed by atoms with van der Waals surface area (Å²) >= 11 is 4.32. The van der Waals surface area contributed by atoms with Crippen LogP contribution in [0.2, 0.25) is 0 Å². The van der Waals surface area contributed by atoms with Crippen molar-refractivity contribution >= 4 is 50.9 Å². The Labute approximate surface area is 128 Å². The number of amides is 3. The quantitative estimate of drug-likeness (QED) is 0.755. The third kappa shape index (κ3) is 3.94. The largest absolute Gasteiger partial charge is 0.453 e. The molecule has 9 heteroatoms. The average molecular weight is 364 g/mol. The van der Waals surface area contributed by atoms with Crippen LogP contribution >= 0.6 is 27.3 Å². The smallest absolute Gasteiger partial charge is 0.407 e. The summed E-state index contributed by atoms with van der Waals surface area (Å²) < 4.78 is 5.10. The van der Waals surface area contributed by atoms with E-state index in [4.69, 9.17) is 5.73 Å². The molecule has 0 bridgehead atoms. The van der Waals surface area contributed by atoms with Gasteiger partial charge >= 0.3 is 6.09 Å². The van der Waals surface area contributed by atoms with Crippen molar-refractivity contribution in [1.29, 1.82) is 0 Å². The molecule has 0 spiro atoms. The first-order valence-corrected chi connectivity index (χ1v) is 7.05. The summed E-state index contributed by atoms with van der Waals surface area (Å²) in [5, 5.41) is 4.94. The van der Waals surface area contributed by atoms with Gasteiger partial charge in [-0.1, -0.05) is 0 Å². The van der Waals surface area contributed by atoms with Crippen molar-refractivity contribution in [2.24, 2.45) is 5.73 Å². The predicted molar refractivity (Wildman–Crippen MR) is 78.8 cm³/mol. The normalized spacial score (nSPS) is 10.8. The zero-order chi connectivity index (χ0) is 15.5. The molecule has 0 aliphatic heterocycles. The molecule has 0 aliphatic carbocycles. The number of nitrogens with one attached hydrogen (secondary N) is 2. The van der Waals surface area contributed by atoms with Gasteiger partial charge in [-0.3, -0.25) is 9.59 Å². The van der Waals surface area contributed by atoms with E-state index in [2.05, 4.69) is 31.3 Å². The summed E-state index contributed by atoms with van der Waals surface area (Å²) in [6.45, 7) is 3.01. The van der Waals surface area contributed by atoms with Crippen molar-refractivity contribution in [2.75, 3.05) is 12.4 Å². The lowest BCUT2D eigenvalue weighted by molar-refractivity contribution is -0.121. The van der Waals surface area contributed by atoms with Crippen LogP contribution < -0.4 is 16.4 Å². The van der Waals surface area contributed by atoms with Gasteiger partial charge < -0.3 is 21.1 Å². The molecule has 1 aromatic rings. The molecule has 1 heterocycles. The molecule has 4 N–H and O–H groups in total. The second kappa shape index (κ2) is 6.23. The maximum Gasteiger partial charge on any atom is 0.407 e. The Balaban J connectivity index is 2.90. The zero-order valence-electron chi connectivity index (χ0n) is 11.1. The molecule has 0 atom stereocenters. The molecule has 0 saturated carbocycles. The summed E-state index contributed by atoms with van der Waals surface area (Å²) in [6, 6.07) is 1.57. The number of carbonyl (C=O) groups is 3. The highest BCUT2D eigenvalue weighted by Gasteiger charge is 2.31. The molecule has 0 saturated heterocycles. The van der Waals surface area contributed by atoms with Crippen LogP contribution in [0.3, 0.4) is 0 Å². The Kier molecular flexibility index (Phi) is 5.12. The van der Waals surface area contributed by atoms with Crippen LogP contribution in [0.15, 0.2) is 9.85 Å². The molecule has 3 amide bonds. The van der Waals surface area contributed by atoms with Crippen molar-refractivity contribution in [1.82, 2.24) is 5.32 Å². The number of alkyl carbamates (subject to hydrolysis) is 1. The molecule has 0 unspecified atom stereocenters. The number of methoxy groups -OCH3 is 1. The molecule has 20 heavy (non-hydrogen) atoms. The number of thiophene rings is 1. The van der Waals surface area contributed by atoms with Gasteiger partial charge in [-0.05, 0) is 35.8 Å². The van der Waals surface area contributed by atoms with Crippen LogP contribution in [0.5, 0.6) is 0 Å². The van der Waals surface area contributed by atoms with Gasteiger partial charge in [0.05, 0.1) is 16.6 Å². The van der Waals surface area contributed by atoms with Crippen LogP contribution in [0.4, 0.5) is 10.5 Å². The standard InChI is InChI=1S/C11H14BrN3O4S/c1-11(2,15-10(18)19-3)9(17)14-5-4-6(12)20-7(5)8(13)16/h4H,1-3H3,(H2,13,16)(H,14,17)(H,15,18). The first kappa shape index (κ1) is 16.4. The first-order valence-electron chi connectivity index (χ1n) is 5.44. The highest BCUT2D eigenvalue weighted by Crippen LogP contribution is 2.31. The molecule has 0 aromatic carbocycles. The van der Waals surface area contributed by atoms with Crippen molar-refractivity contribution in [2.45, 2.75) is 19.4 Å². The minimum atomic E-state index is -1.21. The van der Waals surface area contributed by atoms with E-state index in [1.54, 1.807) is 6.07 Å². The number of nitrogens with two attached hydrogens (primary N) is 1. The SMILES string of the molecule is COC(=O)NC(C)(C)C(=O)Nc1cc(Br)sc1C(N)=O. The van der Waals surface area contributed by atoms with Gasteiger partial charge in [0, 0.05) is 0 Å². The average Bonchev–Trinajstić information content (AvgIpc) is 2.69. The number of rotatable bonds is 4. The second-order valence-corrected chi connectivity index (χ2v) is 6.78. The van der Waals surface area contributed by atoms with Crippen molar-refractivity contribution in [3.63, 3.8) is 0 Å². The monoisotopic (exact) mass is 363 g/mol. The van der Waals surface area contributed by atoms with Gasteiger partial charge in [-0.25, -0.2) is 4.79 Å². The van der Waals surface area contributed by atoms with Gasteiger partial charge in [-0.15, -0.1) is 11.3 Å². The lowest BCUT2D eigenvalue weighted by atomic mass is 10.0. The van der Waals surface area contributed by atoms with E-state index in [1.807, 2.05) is 0 Å². The van der Waals surface area contributed by atoms with E-state index < -0.39 is 23.4 Å². The van der Waals surface area contributed by atoms with Crippen molar-refractivity contribution in [3.05, 3.63) is 14.7 Å². The van der Waals surface area contributed by atoms with E-state index in [-0.39, 0.29) is 4.88 Å². The molecule has 0 fully saturated rings. The number of anilines is 1. The topological polar surface area (TPSA) is 111 Å². The number of hydrogen-bond donors (Lipinski definition) is 3. The summed E-state index contributed by atoms with van der Waals surface area (Å²) in [4.78, 5) is 34.8. The molecule has 0 aliphatic rings. The molecule has 1 rings (SSSR count). The molecule has 110 valence electrons. The van der Waals surface area contributed by atoms with Gasteiger partial charge in [0.1, 0.15) is 10.4 Å². The number of carbonyl (C=O) groups excluding carboxylic acids is 3. The Morgan fingerprint density at radius 1 is 1.40 bits per heavy atom. The zero-order valence-corrected chi connectivity index (χ0v) is 13.5. The van der Waals surface area contributed by atoms with E-state index in [1.165, 1.54) is 21.0 Å². The lowest BCUT2D eigenvalue weighted by Crippen LogP contribution is -2.52. The number of hydrogen-bond acceptors (Lipinski definition) is 5. The Morgan fingerprint density at radius 2 is 2.00 bits per heavy atom. The maximum absolute atomic E-state index is 12.1. The van der Waals surface area contributed by atoms with E-state index in [0.717, 1.165) is 11.3 Å². The minimum absolute atomic E-state index is 0.221. The van der Waals surface area contributed by atoms with Crippen LogP contribution in [-0.2, 0) is 9.53 Å². The fraction of sp³-hybridized carbons (Fsp3) is 0.364. The van der Waals surface area contributed by atoms with Gasteiger partial charge in [0.2, 0.25) is 5.91 Å². The summed E-state index contributed by atoms with van der Waals surface area (Å²) in [5.41, 5.74) is 4.30. The molecular formula is C11H14BrN3O4S. The van der Waals surface area contributed by atoms with Gasteiger partial charge in [-0.2, -0.15) is 0 Å². The Bertz CT molecular complexity index is 556. The second-order valence-electron chi connectivity index (χ2n) is 4.35. The molecule has 7 nitrogen and oxygen atoms in total. The lowest BCUT2D eigenvalue weighted by Gasteiger charge is -2.24. The molecule has 0 radical (unpaired) electrons. The molecular weight excluding hydrogens is 350 g/mol. The fourth-order valence-electron chi connectivity index (χ4n) is 1.28. The van der Waals surface area contributed by atoms with E-state index >= 15 is 0 Å². The fourth-order valence-corrected chi connectivity index (χ4v) is 2.69. The first-order chi connectivity index (χ1) is 9.17. The van der Waals surface area contributed by atoms with Crippen LogP contribution in [-0.4, -0.2) is 30.6 Å². The minimum Gasteiger partial charge on any atom is -0.453 e. The third-order valence-electron chi connectivity index (χ3n) is 2.34. The van der Waals surface area contributed by atoms with Crippen molar-refractivity contribution < 1.29 is 19.1 Å². The van der Waals surface area contributed by atoms with Crippen molar-refractivity contribution in [3.8, 4) is 0 Å².